The summed E-state index contributed by atoms with van der Waals surface area (Å²) < 4.78 is 4.12. The molecule has 0 fully saturated rings. The standard InChI is InChI=1S/C19H26N6O/c1-14-13-25-9-3-4-16(18(25)22-14)12-20-19(26)24-10-6-15(7-11-24)17-5-8-21-23(17)2/h5-6,8,13,16H,3-4,7,9-12H2,1-2H3,(H,20,26). The van der Waals surface area contributed by atoms with E-state index >= 15 is 0 Å². The van der Waals surface area contributed by atoms with Crippen molar-refractivity contribution in [3.8, 4) is 0 Å². The van der Waals surface area contributed by atoms with Gasteiger partial charge in [0.25, 0.3) is 0 Å². The van der Waals surface area contributed by atoms with Gasteiger partial charge in [-0.25, -0.2) is 9.78 Å². The summed E-state index contributed by atoms with van der Waals surface area (Å²) in [6.07, 6.45) is 9.14. The third-order valence-electron chi connectivity index (χ3n) is 5.39. The molecule has 2 aromatic rings. The molecule has 0 spiro atoms. The fraction of sp³-hybridized carbons (Fsp3) is 0.526. The molecule has 4 heterocycles. The van der Waals surface area contributed by atoms with Gasteiger partial charge in [0.05, 0.1) is 11.4 Å². The van der Waals surface area contributed by atoms with Crippen LogP contribution < -0.4 is 5.32 Å². The second-order valence-corrected chi connectivity index (χ2v) is 7.22. The highest BCUT2D eigenvalue weighted by Gasteiger charge is 2.24. The minimum absolute atomic E-state index is 0.0192. The number of nitrogens with zero attached hydrogens (tertiary/aromatic N) is 5. The molecule has 7 nitrogen and oxygen atoms in total. The fourth-order valence-electron chi connectivity index (χ4n) is 4.00. The van der Waals surface area contributed by atoms with Gasteiger partial charge < -0.3 is 14.8 Å². The van der Waals surface area contributed by atoms with E-state index in [1.807, 2.05) is 35.8 Å². The molecule has 2 aromatic heterocycles. The Hall–Kier alpha value is -2.57. The van der Waals surface area contributed by atoms with Crippen LogP contribution in [0.15, 0.2) is 24.5 Å². The van der Waals surface area contributed by atoms with Crippen molar-refractivity contribution in [2.75, 3.05) is 19.6 Å². The molecule has 138 valence electrons. The summed E-state index contributed by atoms with van der Waals surface area (Å²) in [5.41, 5.74) is 3.45. The minimum atomic E-state index is 0.0192. The first kappa shape index (κ1) is 16.9. The molecule has 2 amide bonds. The molecule has 4 rings (SSSR count). The number of aromatic nitrogens is 4. The van der Waals surface area contributed by atoms with Crippen molar-refractivity contribution in [1.82, 2.24) is 29.5 Å². The van der Waals surface area contributed by atoms with Gasteiger partial charge >= 0.3 is 6.03 Å². The molecule has 0 saturated carbocycles. The van der Waals surface area contributed by atoms with Gasteiger partial charge in [0.1, 0.15) is 5.82 Å². The van der Waals surface area contributed by atoms with Gasteiger partial charge in [-0.1, -0.05) is 6.08 Å². The number of aryl methyl sites for hydroxylation is 3. The molecule has 0 bridgehead atoms. The molecule has 2 aliphatic heterocycles. The summed E-state index contributed by atoms with van der Waals surface area (Å²) in [5, 5.41) is 7.34. The molecule has 0 aromatic carbocycles. The largest absolute Gasteiger partial charge is 0.337 e. The Bertz CT molecular complexity index is 833. The molecule has 2 aliphatic rings. The highest BCUT2D eigenvalue weighted by Crippen LogP contribution is 2.26. The number of carbonyl (C=O) groups excluding carboxylic acids is 1. The van der Waals surface area contributed by atoms with Crippen molar-refractivity contribution >= 4 is 11.6 Å². The van der Waals surface area contributed by atoms with E-state index in [4.69, 9.17) is 0 Å². The van der Waals surface area contributed by atoms with E-state index in [-0.39, 0.29) is 6.03 Å². The van der Waals surface area contributed by atoms with E-state index in [1.165, 1.54) is 5.57 Å². The van der Waals surface area contributed by atoms with Crippen molar-refractivity contribution in [1.29, 1.82) is 0 Å². The zero-order valence-electron chi connectivity index (χ0n) is 15.5. The second kappa shape index (κ2) is 6.97. The first-order chi connectivity index (χ1) is 12.6. The lowest BCUT2D eigenvalue weighted by Crippen LogP contribution is -2.43. The van der Waals surface area contributed by atoms with E-state index in [0.717, 1.165) is 49.6 Å². The SMILES string of the molecule is Cc1cn2c(n1)C(CNC(=O)N1CC=C(c3ccnn3C)CC1)CCC2. The lowest BCUT2D eigenvalue weighted by molar-refractivity contribution is 0.201. The normalized spacial score (nSPS) is 19.8. The molecule has 7 heteroatoms. The van der Waals surface area contributed by atoms with E-state index in [0.29, 0.717) is 19.0 Å². The number of imidazole rings is 1. The first-order valence-corrected chi connectivity index (χ1v) is 9.35. The van der Waals surface area contributed by atoms with Crippen molar-refractivity contribution in [3.63, 3.8) is 0 Å². The van der Waals surface area contributed by atoms with Crippen LogP contribution in [0.3, 0.4) is 0 Å². The predicted octanol–water partition coefficient (Wildman–Crippen LogP) is 2.30. The van der Waals surface area contributed by atoms with Crippen LogP contribution in [0.25, 0.3) is 5.57 Å². The van der Waals surface area contributed by atoms with Gasteiger partial charge in [-0.15, -0.1) is 0 Å². The molecular weight excluding hydrogens is 328 g/mol. The summed E-state index contributed by atoms with van der Waals surface area (Å²) in [6.45, 7) is 5.10. The molecule has 1 atom stereocenters. The van der Waals surface area contributed by atoms with Crippen LogP contribution in [0, 0.1) is 6.92 Å². The number of rotatable bonds is 3. The maximum Gasteiger partial charge on any atom is 0.317 e. The van der Waals surface area contributed by atoms with Crippen molar-refractivity contribution in [2.45, 2.75) is 38.6 Å². The molecular formula is C19H26N6O. The van der Waals surface area contributed by atoms with Gasteiger partial charge in [-0.2, -0.15) is 5.10 Å². The van der Waals surface area contributed by atoms with E-state index in [2.05, 4.69) is 32.2 Å². The van der Waals surface area contributed by atoms with Gasteiger partial charge in [0.15, 0.2) is 0 Å². The summed E-state index contributed by atoms with van der Waals surface area (Å²) in [7, 11) is 1.95. The Morgan fingerprint density at radius 2 is 2.27 bits per heavy atom. The Morgan fingerprint density at radius 3 is 3.00 bits per heavy atom. The summed E-state index contributed by atoms with van der Waals surface area (Å²) in [6, 6.07) is 2.04. The third kappa shape index (κ3) is 3.25. The first-order valence-electron chi connectivity index (χ1n) is 9.35. The Balaban J connectivity index is 1.34. The average Bonchev–Trinajstić information content (AvgIpc) is 3.24. The van der Waals surface area contributed by atoms with E-state index in [1.54, 1.807) is 0 Å². The monoisotopic (exact) mass is 354 g/mol. The predicted molar refractivity (Wildman–Crippen MR) is 99.7 cm³/mol. The van der Waals surface area contributed by atoms with Crippen molar-refractivity contribution < 1.29 is 4.79 Å². The Labute approximate surface area is 153 Å². The van der Waals surface area contributed by atoms with Crippen LogP contribution in [-0.4, -0.2) is 49.9 Å². The molecule has 26 heavy (non-hydrogen) atoms. The van der Waals surface area contributed by atoms with Gasteiger partial charge in [-0.05, 0) is 37.8 Å². The number of urea groups is 1. The molecule has 0 radical (unpaired) electrons. The summed E-state index contributed by atoms with van der Waals surface area (Å²) in [5.74, 6) is 1.43. The molecule has 1 unspecified atom stereocenters. The molecule has 0 aliphatic carbocycles. The minimum Gasteiger partial charge on any atom is -0.337 e. The maximum atomic E-state index is 12.6. The van der Waals surface area contributed by atoms with Crippen molar-refractivity contribution in [2.24, 2.45) is 7.05 Å². The quantitative estimate of drug-likeness (QED) is 0.920. The fourth-order valence-corrected chi connectivity index (χ4v) is 4.00. The van der Waals surface area contributed by atoms with Crippen LogP contribution in [-0.2, 0) is 13.6 Å². The number of fused-ring (bicyclic) bond motifs is 1. The zero-order chi connectivity index (χ0) is 18.1. The number of amides is 2. The van der Waals surface area contributed by atoms with E-state index in [9.17, 15) is 4.79 Å². The number of carbonyl (C=O) groups is 1. The molecule has 0 saturated heterocycles. The topological polar surface area (TPSA) is 68.0 Å². The van der Waals surface area contributed by atoms with Crippen LogP contribution in [0.5, 0.6) is 0 Å². The van der Waals surface area contributed by atoms with E-state index < -0.39 is 0 Å². The smallest absolute Gasteiger partial charge is 0.317 e. The Morgan fingerprint density at radius 1 is 1.38 bits per heavy atom. The third-order valence-corrected chi connectivity index (χ3v) is 5.39. The second-order valence-electron chi connectivity index (χ2n) is 7.22. The zero-order valence-corrected chi connectivity index (χ0v) is 15.5. The molecule has 1 N–H and O–H groups in total. The van der Waals surface area contributed by atoms with Gasteiger partial charge in [-0.3, -0.25) is 4.68 Å². The number of nitrogens with one attached hydrogen (secondary N) is 1. The van der Waals surface area contributed by atoms with Crippen molar-refractivity contribution in [3.05, 3.63) is 41.7 Å². The van der Waals surface area contributed by atoms with Crippen LogP contribution in [0.2, 0.25) is 0 Å². The van der Waals surface area contributed by atoms with Crippen LogP contribution in [0.1, 0.15) is 42.4 Å². The highest BCUT2D eigenvalue weighted by atomic mass is 16.2. The maximum absolute atomic E-state index is 12.6. The van der Waals surface area contributed by atoms with Crippen LogP contribution in [0.4, 0.5) is 4.79 Å². The summed E-state index contributed by atoms with van der Waals surface area (Å²) in [4.78, 5) is 19.1. The lowest BCUT2D eigenvalue weighted by atomic mass is 9.99. The average molecular weight is 354 g/mol. The number of hydrogen-bond donors (Lipinski definition) is 1. The number of hydrogen-bond acceptors (Lipinski definition) is 3. The Kier molecular flexibility index (Phi) is 4.53. The van der Waals surface area contributed by atoms with Gasteiger partial charge in [0, 0.05) is 51.5 Å². The summed E-state index contributed by atoms with van der Waals surface area (Å²) >= 11 is 0. The lowest BCUT2D eigenvalue weighted by Gasteiger charge is -2.28. The van der Waals surface area contributed by atoms with Crippen LogP contribution >= 0.6 is 0 Å². The van der Waals surface area contributed by atoms with Gasteiger partial charge in [0.2, 0.25) is 0 Å². The highest BCUT2D eigenvalue weighted by molar-refractivity contribution is 5.76.